The molecule has 0 spiro atoms. The summed E-state index contributed by atoms with van der Waals surface area (Å²) in [5.74, 6) is -2.03. The maximum Gasteiger partial charge on any atom is 0.226 e. The van der Waals surface area contributed by atoms with E-state index in [1.54, 1.807) is 6.92 Å². The van der Waals surface area contributed by atoms with Crippen LogP contribution >= 0.6 is 0 Å². The van der Waals surface area contributed by atoms with E-state index in [-0.39, 0.29) is 48.7 Å². The zero-order chi connectivity index (χ0) is 15.7. The third kappa shape index (κ3) is 3.49. The fourth-order valence-electron chi connectivity index (χ4n) is 3.53. The largest absolute Gasteiger partial charge is 0.392 e. The predicted molar refractivity (Wildman–Crippen MR) is 73.9 cm³/mol. The Labute approximate surface area is 123 Å². The maximum absolute atomic E-state index is 12.2. The van der Waals surface area contributed by atoms with Crippen LogP contribution in [0, 0.1) is 23.7 Å². The summed E-state index contributed by atoms with van der Waals surface area (Å²) in [6, 6.07) is 0. The first-order valence-corrected chi connectivity index (χ1v) is 7.52. The molecule has 5 atom stereocenters. The highest BCUT2D eigenvalue weighted by atomic mass is 16.3. The molecule has 0 unspecified atom stereocenters. The van der Waals surface area contributed by atoms with Crippen LogP contribution in [0.4, 0.5) is 0 Å². The van der Waals surface area contributed by atoms with Gasteiger partial charge in [0, 0.05) is 24.7 Å². The zero-order valence-corrected chi connectivity index (χ0v) is 12.4. The quantitative estimate of drug-likeness (QED) is 0.637. The number of hydrogen-bond donors (Lipinski definition) is 3. The molecular formula is C15H23NO5. The van der Waals surface area contributed by atoms with Crippen LogP contribution in [-0.4, -0.2) is 40.0 Å². The molecule has 0 bridgehead atoms. The Morgan fingerprint density at radius 1 is 1.19 bits per heavy atom. The van der Waals surface area contributed by atoms with Crippen LogP contribution in [0.5, 0.6) is 0 Å². The molecule has 1 aliphatic carbocycles. The van der Waals surface area contributed by atoms with Gasteiger partial charge in [0.2, 0.25) is 11.8 Å². The molecule has 2 aliphatic rings. The van der Waals surface area contributed by atoms with Gasteiger partial charge in [0.15, 0.2) is 0 Å². The highest BCUT2D eigenvalue weighted by Gasteiger charge is 2.42. The molecule has 1 saturated carbocycles. The Kier molecular flexibility index (Phi) is 4.78. The highest BCUT2D eigenvalue weighted by Crippen LogP contribution is 2.35. The highest BCUT2D eigenvalue weighted by molar-refractivity contribution is 5.97. The van der Waals surface area contributed by atoms with E-state index in [1.807, 2.05) is 6.92 Å². The van der Waals surface area contributed by atoms with Crippen molar-refractivity contribution in [1.29, 1.82) is 0 Å². The lowest BCUT2D eigenvalue weighted by Crippen LogP contribution is -2.47. The number of rotatable bonds is 3. The van der Waals surface area contributed by atoms with Gasteiger partial charge in [-0.25, -0.2) is 0 Å². The van der Waals surface area contributed by atoms with Gasteiger partial charge in [0.05, 0.1) is 12.2 Å². The van der Waals surface area contributed by atoms with Crippen molar-refractivity contribution in [2.24, 2.45) is 23.7 Å². The van der Waals surface area contributed by atoms with Crippen molar-refractivity contribution in [1.82, 2.24) is 5.32 Å². The van der Waals surface area contributed by atoms with Crippen LogP contribution in [-0.2, 0) is 14.4 Å². The summed E-state index contributed by atoms with van der Waals surface area (Å²) in [6.07, 6.45) is -0.403. The first-order valence-electron chi connectivity index (χ1n) is 7.52. The third-order valence-corrected chi connectivity index (χ3v) is 4.80. The average molecular weight is 297 g/mol. The summed E-state index contributed by atoms with van der Waals surface area (Å²) in [6.45, 7) is 3.55. The summed E-state index contributed by atoms with van der Waals surface area (Å²) < 4.78 is 0. The van der Waals surface area contributed by atoms with Crippen LogP contribution < -0.4 is 5.32 Å². The molecule has 6 heteroatoms. The lowest BCUT2D eigenvalue weighted by Gasteiger charge is -2.37. The number of nitrogens with one attached hydrogen (secondary N) is 1. The van der Waals surface area contributed by atoms with Crippen LogP contribution in [0.1, 0.15) is 39.5 Å². The topological polar surface area (TPSA) is 104 Å². The molecule has 1 saturated heterocycles. The average Bonchev–Trinajstić information content (AvgIpc) is 2.39. The van der Waals surface area contributed by atoms with E-state index in [0.29, 0.717) is 6.42 Å². The second-order valence-electron chi connectivity index (χ2n) is 6.55. The van der Waals surface area contributed by atoms with E-state index in [1.165, 1.54) is 0 Å². The second kappa shape index (κ2) is 6.23. The lowest BCUT2D eigenvalue weighted by atomic mass is 9.70. The summed E-state index contributed by atoms with van der Waals surface area (Å²) in [5.41, 5.74) is 0. The normalized spacial score (nSPS) is 36.5. The van der Waals surface area contributed by atoms with Gasteiger partial charge in [0.25, 0.3) is 0 Å². The van der Waals surface area contributed by atoms with Crippen molar-refractivity contribution in [3.05, 3.63) is 0 Å². The molecule has 21 heavy (non-hydrogen) atoms. The van der Waals surface area contributed by atoms with E-state index >= 15 is 0 Å². The van der Waals surface area contributed by atoms with E-state index in [2.05, 4.69) is 5.32 Å². The Balaban J connectivity index is 1.99. The smallest absolute Gasteiger partial charge is 0.226 e. The maximum atomic E-state index is 12.2. The van der Waals surface area contributed by atoms with Gasteiger partial charge in [-0.2, -0.15) is 0 Å². The van der Waals surface area contributed by atoms with Gasteiger partial charge in [-0.05, 0) is 24.7 Å². The number of imide groups is 1. The molecule has 0 aromatic heterocycles. The Morgan fingerprint density at radius 2 is 1.76 bits per heavy atom. The number of carbonyl (C=O) groups excluding carboxylic acids is 3. The molecule has 0 radical (unpaired) electrons. The number of Topliss-reactive ketones (excluding diaryl/α,β-unsaturated/α-hetero) is 1. The van der Waals surface area contributed by atoms with Crippen molar-refractivity contribution >= 4 is 17.6 Å². The van der Waals surface area contributed by atoms with E-state index in [9.17, 15) is 24.6 Å². The van der Waals surface area contributed by atoms with Gasteiger partial charge in [-0.3, -0.25) is 19.7 Å². The molecule has 1 heterocycles. The summed E-state index contributed by atoms with van der Waals surface area (Å²) in [5, 5.41) is 22.5. The minimum absolute atomic E-state index is 0.0476. The number of hydrogen-bond acceptors (Lipinski definition) is 5. The van der Waals surface area contributed by atoms with E-state index < -0.39 is 24.0 Å². The molecule has 0 aromatic carbocycles. The van der Waals surface area contributed by atoms with Crippen molar-refractivity contribution in [2.45, 2.75) is 51.7 Å². The number of aliphatic hydroxyl groups is 2. The summed E-state index contributed by atoms with van der Waals surface area (Å²) in [7, 11) is 0. The molecule has 1 aliphatic heterocycles. The van der Waals surface area contributed by atoms with Gasteiger partial charge in [-0.1, -0.05) is 13.8 Å². The summed E-state index contributed by atoms with van der Waals surface area (Å²) in [4.78, 5) is 34.9. The van der Waals surface area contributed by atoms with E-state index in [0.717, 1.165) is 0 Å². The van der Waals surface area contributed by atoms with Crippen molar-refractivity contribution < 1.29 is 24.6 Å². The minimum atomic E-state index is -0.862. The fraction of sp³-hybridized carbons (Fsp3) is 0.800. The number of amides is 2. The molecule has 3 N–H and O–H groups in total. The number of carbonyl (C=O) groups is 3. The lowest BCUT2D eigenvalue weighted by molar-refractivity contribution is -0.142. The standard InChI is InChI=1S/C15H23NO5/c1-7-3-10(15(21)8(2)14(7)20)11(17)4-9-5-12(18)16-13(19)6-9/h7-11,14,17,20H,3-6H2,1-2H3,(H,16,18,19)/t7-,8+,10+,11-,14-/m1/s1. The molecule has 118 valence electrons. The van der Waals surface area contributed by atoms with Crippen molar-refractivity contribution in [2.75, 3.05) is 0 Å². The zero-order valence-electron chi connectivity index (χ0n) is 12.4. The predicted octanol–water partition coefficient (Wildman–Crippen LogP) is 0.0123. The number of ketones is 1. The van der Waals surface area contributed by atoms with Gasteiger partial charge >= 0.3 is 0 Å². The molecular weight excluding hydrogens is 274 g/mol. The van der Waals surface area contributed by atoms with Gasteiger partial charge < -0.3 is 10.2 Å². The van der Waals surface area contributed by atoms with Crippen LogP contribution in [0.3, 0.4) is 0 Å². The molecule has 2 fully saturated rings. The molecule has 2 amide bonds. The Bertz CT molecular complexity index is 433. The first kappa shape index (κ1) is 16.1. The van der Waals surface area contributed by atoms with Gasteiger partial charge in [-0.15, -0.1) is 0 Å². The third-order valence-electron chi connectivity index (χ3n) is 4.80. The fourth-order valence-corrected chi connectivity index (χ4v) is 3.53. The van der Waals surface area contributed by atoms with Crippen molar-refractivity contribution in [3.8, 4) is 0 Å². The van der Waals surface area contributed by atoms with Crippen LogP contribution in [0.15, 0.2) is 0 Å². The minimum Gasteiger partial charge on any atom is -0.392 e. The Morgan fingerprint density at radius 3 is 2.33 bits per heavy atom. The van der Waals surface area contributed by atoms with Crippen LogP contribution in [0.2, 0.25) is 0 Å². The monoisotopic (exact) mass is 297 g/mol. The number of piperidine rings is 1. The van der Waals surface area contributed by atoms with Crippen molar-refractivity contribution in [3.63, 3.8) is 0 Å². The SMILES string of the molecule is C[C@@H]1C[C@@H]([C@H](O)CC2CC(=O)NC(=O)C2)C(=O)[C@@H](C)[C@@H]1O. The Hall–Kier alpha value is -1.27. The second-order valence-corrected chi connectivity index (χ2v) is 6.55. The first-order chi connectivity index (χ1) is 9.79. The van der Waals surface area contributed by atoms with Gasteiger partial charge in [0.1, 0.15) is 5.78 Å². The number of aliphatic hydroxyl groups excluding tert-OH is 2. The summed E-state index contributed by atoms with van der Waals surface area (Å²) >= 11 is 0. The molecule has 6 nitrogen and oxygen atoms in total. The molecule has 2 rings (SSSR count). The molecule has 0 aromatic rings. The van der Waals surface area contributed by atoms with Crippen LogP contribution in [0.25, 0.3) is 0 Å². The van der Waals surface area contributed by atoms with E-state index in [4.69, 9.17) is 0 Å².